The minimum atomic E-state index is -0.185. The quantitative estimate of drug-likeness (QED) is 0.389. The number of amides is 1. The third-order valence-electron chi connectivity index (χ3n) is 4.37. The highest BCUT2D eigenvalue weighted by Crippen LogP contribution is 2.38. The topological polar surface area (TPSA) is 66.0 Å². The van der Waals surface area contributed by atoms with Crippen molar-refractivity contribution in [1.82, 2.24) is 15.5 Å². The van der Waals surface area contributed by atoms with Crippen LogP contribution in [0.2, 0.25) is 0 Å². The minimum Gasteiger partial charge on any atom is -0.381 e. The van der Waals surface area contributed by atoms with Crippen LogP contribution in [-0.2, 0) is 9.53 Å². The summed E-state index contributed by atoms with van der Waals surface area (Å²) in [6.45, 7) is 13.2. The SMILES string of the molecule is CCNC(=NCCC(=O)NC(C)(C)C)N1CCC2(CCOC2)C1.I. The predicted octanol–water partition coefficient (Wildman–Crippen LogP) is 1.99. The molecule has 2 N–H and O–H groups in total. The van der Waals surface area contributed by atoms with E-state index in [1.807, 2.05) is 20.8 Å². The number of hydrogen-bond acceptors (Lipinski definition) is 3. The molecule has 0 aromatic heterocycles. The molecule has 2 aliphatic heterocycles. The van der Waals surface area contributed by atoms with Crippen LogP contribution in [0.15, 0.2) is 4.99 Å². The largest absolute Gasteiger partial charge is 0.381 e. The van der Waals surface area contributed by atoms with Crippen LogP contribution in [0.4, 0.5) is 0 Å². The number of aliphatic imine (C=N–C) groups is 1. The molecule has 6 nitrogen and oxygen atoms in total. The van der Waals surface area contributed by atoms with Gasteiger partial charge in [-0.1, -0.05) is 0 Å². The average molecular weight is 452 g/mol. The van der Waals surface area contributed by atoms with Crippen LogP contribution in [0, 0.1) is 5.41 Å². The van der Waals surface area contributed by atoms with Gasteiger partial charge in [0.2, 0.25) is 5.91 Å². The lowest BCUT2D eigenvalue weighted by molar-refractivity contribution is -0.122. The van der Waals surface area contributed by atoms with E-state index in [0.717, 1.165) is 45.2 Å². The molecule has 1 atom stereocenters. The summed E-state index contributed by atoms with van der Waals surface area (Å²) in [5.74, 6) is 0.985. The fourth-order valence-corrected chi connectivity index (χ4v) is 3.26. The van der Waals surface area contributed by atoms with E-state index in [4.69, 9.17) is 4.74 Å². The van der Waals surface area contributed by atoms with Crippen molar-refractivity contribution in [2.24, 2.45) is 10.4 Å². The Kier molecular flexibility index (Phi) is 8.25. The Balaban J connectivity index is 0.00000288. The zero-order valence-corrected chi connectivity index (χ0v) is 17.8. The summed E-state index contributed by atoms with van der Waals surface area (Å²) >= 11 is 0. The van der Waals surface area contributed by atoms with Gasteiger partial charge in [0.1, 0.15) is 0 Å². The lowest BCUT2D eigenvalue weighted by Crippen LogP contribution is -2.42. The minimum absolute atomic E-state index is 0. The van der Waals surface area contributed by atoms with Crippen molar-refractivity contribution in [2.75, 3.05) is 39.4 Å². The molecular weight excluding hydrogens is 419 g/mol. The summed E-state index contributed by atoms with van der Waals surface area (Å²) in [6, 6.07) is 0. The molecule has 1 spiro atoms. The predicted molar refractivity (Wildman–Crippen MR) is 108 cm³/mol. The van der Waals surface area contributed by atoms with Crippen LogP contribution >= 0.6 is 24.0 Å². The Morgan fingerprint density at radius 1 is 1.33 bits per heavy atom. The van der Waals surface area contributed by atoms with Gasteiger partial charge in [0, 0.05) is 43.6 Å². The molecule has 0 aliphatic carbocycles. The maximum atomic E-state index is 11.9. The molecule has 1 unspecified atom stereocenters. The summed E-state index contributed by atoms with van der Waals surface area (Å²) in [5.41, 5.74) is 0.134. The van der Waals surface area contributed by atoms with E-state index >= 15 is 0 Å². The Hall–Kier alpha value is -0.570. The first-order chi connectivity index (χ1) is 10.8. The fraction of sp³-hybridized carbons (Fsp3) is 0.882. The van der Waals surface area contributed by atoms with Gasteiger partial charge in [-0.15, -0.1) is 24.0 Å². The van der Waals surface area contributed by atoms with E-state index in [9.17, 15) is 4.79 Å². The van der Waals surface area contributed by atoms with Crippen molar-refractivity contribution in [3.05, 3.63) is 0 Å². The van der Waals surface area contributed by atoms with Gasteiger partial charge in [0.05, 0.1) is 13.2 Å². The highest BCUT2D eigenvalue weighted by atomic mass is 127. The van der Waals surface area contributed by atoms with Crippen molar-refractivity contribution >= 4 is 35.8 Å². The number of carbonyl (C=O) groups excluding carboxylic acids is 1. The van der Waals surface area contributed by atoms with E-state index < -0.39 is 0 Å². The highest BCUT2D eigenvalue weighted by molar-refractivity contribution is 14.0. The molecule has 2 saturated heterocycles. The van der Waals surface area contributed by atoms with Gasteiger partial charge >= 0.3 is 0 Å². The molecular formula is C17H33IN4O2. The van der Waals surface area contributed by atoms with Crippen LogP contribution < -0.4 is 10.6 Å². The Morgan fingerprint density at radius 3 is 2.67 bits per heavy atom. The van der Waals surface area contributed by atoms with E-state index in [1.165, 1.54) is 6.42 Å². The van der Waals surface area contributed by atoms with E-state index in [1.54, 1.807) is 0 Å². The number of nitrogens with zero attached hydrogens (tertiary/aromatic N) is 2. The van der Waals surface area contributed by atoms with Crippen LogP contribution in [0.5, 0.6) is 0 Å². The molecule has 140 valence electrons. The maximum Gasteiger partial charge on any atom is 0.222 e. The summed E-state index contributed by atoms with van der Waals surface area (Å²) in [5, 5.41) is 6.33. The van der Waals surface area contributed by atoms with Crippen LogP contribution in [0.25, 0.3) is 0 Å². The first kappa shape index (κ1) is 21.5. The summed E-state index contributed by atoms with van der Waals surface area (Å²) in [4.78, 5) is 18.9. The standard InChI is InChI=1S/C17H32N4O2.HI/c1-5-18-15(19-9-6-14(22)20-16(2,3)4)21-10-7-17(12-21)8-11-23-13-17;/h5-13H2,1-4H3,(H,18,19)(H,20,22);1H. The van der Waals surface area contributed by atoms with Crippen molar-refractivity contribution in [2.45, 2.75) is 52.5 Å². The zero-order chi connectivity index (χ0) is 16.9. The van der Waals surface area contributed by atoms with Gasteiger partial charge in [-0.3, -0.25) is 9.79 Å². The first-order valence-electron chi connectivity index (χ1n) is 8.76. The number of halogens is 1. The Bertz CT molecular complexity index is 442. The summed E-state index contributed by atoms with van der Waals surface area (Å²) in [7, 11) is 0. The number of hydrogen-bond donors (Lipinski definition) is 2. The van der Waals surface area contributed by atoms with Crippen molar-refractivity contribution < 1.29 is 9.53 Å². The monoisotopic (exact) mass is 452 g/mol. The molecule has 0 aromatic carbocycles. The summed E-state index contributed by atoms with van der Waals surface area (Å²) < 4.78 is 5.59. The molecule has 0 radical (unpaired) electrons. The third-order valence-corrected chi connectivity index (χ3v) is 4.37. The first-order valence-corrected chi connectivity index (χ1v) is 8.76. The third kappa shape index (κ3) is 6.38. The smallest absolute Gasteiger partial charge is 0.222 e. The second-order valence-electron chi connectivity index (χ2n) is 7.76. The number of nitrogens with one attached hydrogen (secondary N) is 2. The van der Waals surface area contributed by atoms with Crippen LogP contribution in [0.1, 0.15) is 47.0 Å². The van der Waals surface area contributed by atoms with Gasteiger partial charge in [0.15, 0.2) is 5.96 Å². The second-order valence-corrected chi connectivity index (χ2v) is 7.76. The number of rotatable bonds is 4. The van der Waals surface area contributed by atoms with Crippen molar-refractivity contribution in [3.63, 3.8) is 0 Å². The number of ether oxygens (including phenoxy) is 1. The lowest BCUT2D eigenvalue weighted by atomic mass is 9.87. The van der Waals surface area contributed by atoms with Gasteiger partial charge in [-0.25, -0.2) is 0 Å². The van der Waals surface area contributed by atoms with E-state index in [2.05, 4.69) is 27.4 Å². The van der Waals surface area contributed by atoms with Crippen LogP contribution in [0.3, 0.4) is 0 Å². The normalized spacial score (nSPS) is 24.2. The van der Waals surface area contributed by atoms with E-state index in [0.29, 0.717) is 18.4 Å². The van der Waals surface area contributed by atoms with Crippen molar-refractivity contribution in [3.8, 4) is 0 Å². The van der Waals surface area contributed by atoms with Gasteiger partial charge in [0.25, 0.3) is 0 Å². The molecule has 2 heterocycles. The Labute approximate surface area is 163 Å². The number of guanidine groups is 1. The molecule has 7 heteroatoms. The summed E-state index contributed by atoms with van der Waals surface area (Å²) in [6.07, 6.45) is 2.74. The lowest BCUT2D eigenvalue weighted by Gasteiger charge is -2.25. The number of carbonyl (C=O) groups is 1. The maximum absolute atomic E-state index is 11.9. The van der Waals surface area contributed by atoms with Gasteiger partial charge in [-0.2, -0.15) is 0 Å². The van der Waals surface area contributed by atoms with Gasteiger partial charge in [-0.05, 0) is 40.5 Å². The molecule has 0 aromatic rings. The average Bonchev–Trinajstić information content (AvgIpc) is 3.07. The molecule has 2 aliphatic rings. The zero-order valence-electron chi connectivity index (χ0n) is 15.5. The molecule has 2 rings (SSSR count). The molecule has 24 heavy (non-hydrogen) atoms. The van der Waals surface area contributed by atoms with Gasteiger partial charge < -0.3 is 20.3 Å². The van der Waals surface area contributed by atoms with E-state index in [-0.39, 0.29) is 35.4 Å². The second kappa shape index (κ2) is 9.22. The fourth-order valence-electron chi connectivity index (χ4n) is 3.26. The van der Waals surface area contributed by atoms with Crippen LogP contribution in [-0.4, -0.2) is 61.7 Å². The molecule has 2 fully saturated rings. The highest BCUT2D eigenvalue weighted by Gasteiger charge is 2.42. The molecule has 0 saturated carbocycles. The number of likely N-dealkylation sites (tertiary alicyclic amines) is 1. The molecule has 0 bridgehead atoms. The Morgan fingerprint density at radius 2 is 2.08 bits per heavy atom. The molecule has 1 amide bonds. The van der Waals surface area contributed by atoms with Crippen molar-refractivity contribution in [1.29, 1.82) is 0 Å².